The molecule has 0 spiro atoms. The molecule has 1 amide bonds. The minimum Gasteiger partial charge on any atom is -0.337 e. The molecule has 0 aliphatic carbocycles. The van der Waals surface area contributed by atoms with Crippen molar-refractivity contribution in [2.75, 3.05) is 27.2 Å². The summed E-state index contributed by atoms with van der Waals surface area (Å²) in [5.41, 5.74) is 1.60. The lowest BCUT2D eigenvalue weighted by Gasteiger charge is -2.34. The van der Waals surface area contributed by atoms with Crippen LogP contribution < -0.4 is 0 Å². The number of piperidine rings is 1. The summed E-state index contributed by atoms with van der Waals surface area (Å²) >= 11 is 0. The van der Waals surface area contributed by atoms with E-state index in [0.717, 1.165) is 31.6 Å². The predicted molar refractivity (Wildman–Crippen MR) is 93.9 cm³/mol. The van der Waals surface area contributed by atoms with Crippen molar-refractivity contribution in [1.29, 1.82) is 0 Å². The number of hydrogen-bond acceptors (Lipinski definition) is 3. The van der Waals surface area contributed by atoms with E-state index < -0.39 is 0 Å². The molecule has 5 nitrogen and oxygen atoms in total. The quantitative estimate of drug-likeness (QED) is 0.860. The van der Waals surface area contributed by atoms with Crippen LogP contribution in [0.2, 0.25) is 0 Å². The lowest BCUT2D eigenvalue weighted by Crippen LogP contribution is -2.44. The fourth-order valence-electron chi connectivity index (χ4n) is 3.20. The average Bonchev–Trinajstić information content (AvgIpc) is 2.92. The molecular weight excluding hydrogens is 288 g/mol. The van der Waals surface area contributed by atoms with Crippen LogP contribution in [0.5, 0.6) is 0 Å². The van der Waals surface area contributed by atoms with Gasteiger partial charge in [-0.3, -0.25) is 9.48 Å². The first-order chi connectivity index (χ1) is 10.6. The van der Waals surface area contributed by atoms with Gasteiger partial charge in [0.2, 0.25) is 0 Å². The Morgan fingerprint density at radius 3 is 2.22 bits per heavy atom. The van der Waals surface area contributed by atoms with Gasteiger partial charge in [0, 0.05) is 24.8 Å². The summed E-state index contributed by atoms with van der Waals surface area (Å²) in [5, 5.41) is 4.65. The summed E-state index contributed by atoms with van der Waals surface area (Å²) in [5.74, 6) is 0.426. The first kappa shape index (κ1) is 18.0. The number of aromatic nitrogens is 2. The molecule has 0 radical (unpaired) electrons. The number of carbonyl (C=O) groups is 1. The van der Waals surface area contributed by atoms with Crippen molar-refractivity contribution in [3.63, 3.8) is 0 Å². The minimum absolute atomic E-state index is 0.0760. The second kappa shape index (κ2) is 6.63. The molecule has 0 bridgehead atoms. The van der Waals surface area contributed by atoms with Crippen molar-refractivity contribution in [2.45, 2.75) is 65.0 Å². The van der Waals surface area contributed by atoms with Crippen molar-refractivity contribution in [3.8, 4) is 0 Å². The molecule has 2 rings (SSSR count). The van der Waals surface area contributed by atoms with Gasteiger partial charge in [-0.15, -0.1) is 0 Å². The van der Waals surface area contributed by atoms with Gasteiger partial charge in [-0.2, -0.15) is 5.10 Å². The lowest BCUT2D eigenvalue weighted by molar-refractivity contribution is 0.0656. The van der Waals surface area contributed by atoms with E-state index in [1.807, 2.05) is 15.6 Å². The van der Waals surface area contributed by atoms with Gasteiger partial charge in [0.1, 0.15) is 0 Å². The number of carbonyl (C=O) groups excluding carboxylic acids is 1. The fraction of sp³-hybridized carbons (Fsp3) is 0.778. The Morgan fingerprint density at radius 1 is 1.26 bits per heavy atom. The number of rotatable bonds is 3. The Morgan fingerprint density at radius 2 is 1.83 bits per heavy atom. The molecule has 0 N–H and O–H groups in total. The standard InChI is InChI=1S/C18H32N4O/c1-13(2)16-12-15(19-22(16)18(3,4)5)17(23)21-10-8-14(9-11-21)20(6)7/h12-14H,8-11H2,1-7H3. The zero-order valence-electron chi connectivity index (χ0n) is 15.8. The second-order valence-corrected chi connectivity index (χ2v) is 8.18. The van der Waals surface area contributed by atoms with E-state index in [1.165, 1.54) is 0 Å². The highest BCUT2D eigenvalue weighted by Crippen LogP contribution is 2.25. The summed E-state index contributed by atoms with van der Waals surface area (Å²) in [7, 11) is 4.23. The normalized spacial score (nSPS) is 17.3. The highest BCUT2D eigenvalue weighted by atomic mass is 16.2. The molecule has 2 heterocycles. The van der Waals surface area contributed by atoms with Crippen LogP contribution in [0.25, 0.3) is 0 Å². The van der Waals surface area contributed by atoms with E-state index in [0.29, 0.717) is 17.7 Å². The fourth-order valence-corrected chi connectivity index (χ4v) is 3.20. The van der Waals surface area contributed by atoms with Crippen LogP contribution in [0, 0.1) is 0 Å². The van der Waals surface area contributed by atoms with Crippen molar-refractivity contribution in [2.24, 2.45) is 0 Å². The highest BCUT2D eigenvalue weighted by molar-refractivity contribution is 5.92. The molecule has 0 aromatic carbocycles. The van der Waals surface area contributed by atoms with Crippen molar-refractivity contribution >= 4 is 5.91 Å². The van der Waals surface area contributed by atoms with Crippen LogP contribution in [0.4, 0.5) is 0 Å². The summed E-state index contributed by atoms with van der Waals surface area (Å²) in [6, 6.07) is 2.56. The first-order valence-electron chi connectivity index (χ1n) is 8.67. The smallest absolute Gasteiger partial charge is 0.274 e. The van der Waals surface area contributed by atoms with Crippen LogP contribution in [0.3, 0.4) is 0 Å². The third kappa shape index (κ3) is 3.94. The van der Waals surface area contributed by atoms with Crippen LogP contribution in [0.15, 0.2) is 6.07 Å². The number of likely N-dealkylation sites (tertiary alicyclic amines) is 1. The summed E-state index contributed by atoms with van der Waals surface area (Å²) < 4.78 is 2.01. The van der Waals surface area contributed by atoms with E-state index in [-0.39, 0.29) is 11.4 Å². The Bertz CT molecular complexity index is 546. The summed E-state index contributed by atoms with van der Waals surface area (Å²) in [6.07, 6.45) is 2.07. The molecule has 0 atom stereocenters. The van der Waals surface area contributed by atoms with Gasteiger partial charge in [0.25, 0.3) is 5.91 Å². The van der Waals surface area contributed by atoms with Gasteiger partial charge in [-0.1, -0.05) is 13.8 Å². The van der Waals surface area contributed by atoms with E-state index >= 15 is 0 Å². The van der Waals surface area contributed by atoms with Gasteiger partial charge < -0.3 is 9.80 Å². The average molecular weight is 320 g/mol. The minimum atomic E-state index is -0.115. The maximum absolute atomic E-state index is 12.8. The molecule has 23 heavy (non-hydrogen) atoms. The van der Waals surface area contributed by atoms with Gasteiger partial charge in [0.15, 0.2) is 5.69 Å². The van der Waals surface area contributed by atoms with Crippen LogP contribution in [0.1, 0.15) is 69.6 Å². The Balaban J connectivity index is 2.18. The maximum Gasteiger partial charge on any atom is 0.274 e. The molecular formula is C18H32N4O. The zero-order chi connectivity index (χ0) is 17.4. The van der Waals surface area contributed by atoms with Crippen LogP contribution in [-0.2, 0) is 5.54 Å². The first-order valence-corrected chi connectivity index (χ1v) is 8.67. The molecule has 5 heteroatoms. The SMILES string of the molecule is CC(C)c1cc(C(=O)N2CCC(N(C)C)CC2)nn1C(C)(C)C. The topological polar surface area (TPSA) is 41.4 Å². The van der Waals surface area contributed by atoms with E-state index in [4.69, 9.17) is 0 Å². The van der Waals surface area contributed by atoms with Crippen LogP contribution in [-0.4, -0.2) is 58.7 Å². The number of hydrogen-bond donors (Lipinski definition) is 0. The largest absolute Gasteiger partial charge is 0.337 e. The molecule has 1 aliphatic rings. The molecule has 1 saturated heterocycles. The molecule has 0 saturated carbocycles. The number of amides is 1. The lowest BCUT2D eigenvalue weighted by atomic mass is 10.0. The predicted octanol–water partition coefficient (Wildman–Crippen LogP) is 2.93. The monoisotopic (exact) mass is 320 g/mol. The Hall–Kier alpha value is -1.36. The Kier molecular flexibility index (Phi) is 5.19. The van der Waals surface area contributed by atoms with Crippen molar-refractivity contribution < 1.29 is 4.79 Å². The molecule has 1 aromatic heterocycles. The van der Waals surface area contributed by atoms with E-state index in [2.05, 4.69) is 58.7 Å². The molecule has 1 fully saturated rings. The molecule has 1 aliphatic heterocycles. The Labute approximate surface area is 140 Å². The summed E-state index contributed by atoms with van der Waals surface area (Å²) in [6.45, 7) is 12.3. The molecule has 130 valence electrons. The van der Waals surface area contributed by atoms with Gasteiger partial charge in [-0.05, 0) is 59.7 Å². The highest BCUT2D eigenvalue weighted by Gasteiger charge is 2.28. The van der Waals surface area contributed by atoms with Gasteiger partial charge in [-0.25, -0.2) is 0 Å². The van der Waals surface area contributed by atoms with Crippen LogP contribution >= 0.6 is 0 Å². The number of nitrogens with zero attached hydrogens (tertiary/aromatic N) is 4. The summed E-state index contributed by atoms with van der Waals surface area (Å²) in [4.78, 5) is 17.0. The van der Waals surface area contributed by atoms with Crippen molar-refractivity contribution in [1.82, 2.24) is 19.6 Å². The van der Waals surface area contributed by atoms with Gasteiger partial charge in [0.05, 0.1) is 5.54 Å². The zero-order valence-corrected chi connectivity index (χ0v) is 15.8. The third-order valence-corrected chi connectivity index (χ3v) is 4.66. The molecule has 1 aromatic rings. The van der Waals surface area contributed by atoms with Crippen molar-refractivity contribution in [3.05, 3.63) is 17.5 Å². The third-order valence-electron chi connectivity index (χ3n) is 4.66. The second-order valence-electron chi connectivity index (χ2n) is 8.18. The maximum atomic E-state index is 12.8. The van der Waals surface area contributed by atoms with E-state index in [1.54, 1.807) is 0 Å². The van der Waals surface area contributed by atoms with E-state index in [9.17, 15) is 4.79 Å². The molecule has 0 unspecified atom stereocenters. The van der Waals surface area contributed by atoms with Gasteiger partial charge >= 0.3 is 0 Å².